The fourth-order valence-electron chi connectivity index (χ4n) is 2.63. The summed E-state index contributed by atoms with van der Waals surface area (Å²) in [4.78, 5) is 11.9. The molecule has 0 spiro atoms. The lowest BCUT2D eigenvalue weighted by Gasteiger charge is -2.17. The van der Waals surface area contributed by atoms with Gasteiger partial charge in [-0.3, -0.25) is 9.48 Å². The van der Waals surface area contributed by atoms with Gasteiger partial charge in [0.1, 0.15) is 6.26 Å². The minimum atomic E-state index is -0.112. The number of nitrogens with zero attached hydrogens (tertiary/aromatic N) is 2. The van der Waals surface area contributed by atoms with Crippen molar-refractivity contribution in [3.05, 3.63) is 42.1 Å². The number of hydrogen-bond acceptors (Lipinski definition) is 4. The zero-order valence-electron chi connectivity index (χ0n) is 12.0. The van der Waals surface area contributed by atoms with Crippen molar-refractivity contribution in [2.75, 3.05) is 13.2 Å². The molecule has 2 aromatic heterocycles. The summed E-state index contributed by atoms with van der Waals surface area (Å²) in [6.07, 6.45) is 7.76. The van der Waals surface area contributed by atoms with Gasteiger partial charge in [-0.05, 0) is 19.4 Å². The number of aryl methyl sites for hydroxylation is 1. The average molecular weight is 289 g/mol. The largest absolute Gasteiger partial charge is 0.472 e. The van der Waals surface area contributed by atoms with Crippen molar-refractivity contribution < 1.29 is 13.9 Å². The minimum absolute atomic E-state index is 0.00921. The van der Waals surface area contributed by atoms with Crippen LogP contribution in [0, 0.1) is 5.92 Å². The Morgan fingerprint density at radius 2 is 2.48 bits per heavy atom. The second-order valence-corrected chi connectivity index (χ2v) is 5.19. The van der Waals surface area contributed by atoms with Crippen molar-refractivity contribution in [1.29, 1.82) is 0 Å². The number of hydrogen-bond donors (Lipinski definition) is 1. The van der Waals surface area contributed by atoms with Crippen LogP contribution in [0.3, 0.4) is 0 Å². The molecule has 0 aliphatic carbocycles. The van der Waals surface area contributed by atoms with E-state index in [2.05, 4.69) is 17.3 Å². The summed E-state index contributed by atoms with van der Waals surface area (Å²) in [6.45, 7) is 4.20. The number of nitrogens with one attached hydrogen (secondary N) is 1. The number of amides is 1. The standard InChI is InChI=1S/C15H19N3O3/c1-2-18-9-13(8-17-18)14-11(4-6-21-14)7-16-15(19)12-3-5-20-10-12/h3,5,8-11,14H,2,4,6-7H2,1H3,(H,16,19)/t11-,14+/m1/s1. The molecule has 1 saturated heterocycles. The van der Waals surface area contributed by atoms with Crippen LogP contribution in [-0.4, -0.2) is 28.8 Å². The SMILES string of the molecule is CCn1cc([C@H]2OCC[C@@H]2CNC(=O)c2ccoc2)cn1. The van der Waals surface area contributed by atoms with Crippen LogP contribution in [-0.2, 0) is 11.3 Å². The maximum absolute atomic E-state index is 11.9. The normalized spacial score (nSPS) is 21.6. The van der Waals surface area contributed by atoms with E-state index in [0.717, 1.165) is 18.5 Å². The number of carbonyl (C=O) groups is 1. The summed E-state index contributed by atoms with van der Waals surface area (Å²) in [5, 5.41) is 7.23. The molecule has 1 amide bonds. The molecule has 2 atom stereocenters. The third-order valence-electron chi connectivity index (χ3n) is 3.83. The fourth-order valence-corrected chi connectivity index (χ4v) is 2.63. The Labute approximate surface area is 123 Å². The average Bonchev–Trinajstić information content (AvgIpc) is 3.24. The fraction of sp³-hybridized carbons (Fsp3) is 0.467. The van der Waals surface area contributed by atoms with Gasteiger partial charge in [-0.1, -0.05) is 0 Å². The van der Waals surface area contributed by atoms with Gasteiger partial charge in [0.15, 0.2) is 0 Å². The molecule has 3 heterocycles. The molecule has 6 heteroatoms. The number of rotatable bonds is 5. The third kappa shape index (κ3) is 3.00. The highest BCUT2D eigenvalue weighted by Crippen LogP contribution is 2.33. The van der Waals surface area contributed by atoms with Crippen LogP contribution in [0.5, 0.6) is 0 Å². The first-order valence-electron chi connectivity index (χ1n) is 7.22. The molecule has 6 nitrogen and oxygen atoms in total. The van der Waals surface area contributed by atoms with E-state index in [4.69, 9.17) is 9.15 Å². The number of furan rings is 1. The maximum Gasteiger partial charge on any atom is 0.254 e. The first kappa shape index (κ1) is 13.9. The Bertz CT molecular complexity index is 591. The maximum atomic E-state index is 11.9. The molecule has 0 radical (unpaired) electrons. The quantitative estimate of drug-likeness (QED) is 0.914. The monoisotopic (exact) mass is 289 g/mol. The lowest BCUT2D eigenvalue weighted by atomic mass is 9.97. The Balaban J connectivity index is 1.60. The molecule has 1 fully saturated rings. The van der Waals surface area contributed by atoms with Crippen molar-refractivity contribution in [2.45, 2.75) is 26.0 Å². The zero-order chi connectivity index (χ0) is 14.7. The molecular formula is C15H19N3O3. The van der Waals surface area contributed by atoms with Crippen LogP contribution in [0.4, 0.5) is 0 Å². The highest BCUT2D eigenvalue weighted by atomic mass is 16.5. The number of carbonyl (C=O) groups excluding carboxylic acids is 1. The van der Waals surface area contributed by atoms with Crippen molar-refractivity contribution >= 4 is 5.91 Å². The van der Waals surface area contributed by atoms with Crippen LogP contribution in [0.1, 0.15) is 35.4 Å². The molecule has 0 aromatic carbocycles. The van der Waals surface area contributed by atoms with Crippen molar-refractivity contribution in [3.63, 3.8) is 0 Å². The molecule has 1 N–H and O–H groups in total. The van der Waals surface area contributed by atoms with E-state index >= 15 is 0 Å². The molecule has 1 aliphatic heterocycles. The highest BCUT2D eigenvalue weighted by molar-refractivity contribution is 5.93. The lowest BCUT2D eigenvalue weighted by Crippen LogP contribution is -2.30. The van der Waals surface area contributed by atoms with Crippen LogP contribution in [0.25, 0.3) is 0 Å². The zero-order valence-corrected chi connectivity index (χ0v) is 12.0. The van der Waals surface area contributed by atoms with E-state index in [1.165, 1.54) is 12.5 Å². The van der Waals surface area contributed by atoms with Gasteiger partial charge in [0.2, 0.25) is 0 Å². The lowest BCUT2D eigenvalue weighted by molar-refractivity contribution is 0.0845. The molecule has 3 rings (SSSR count). The molecular weight excluding hydrogens is 270 g/mol. The summed E-state index contributed by atoms with van der Waals surface area (Å²) in [7, 11) is 0. The summed E-state index contributed by atoms with van der Waals surface area (Å²) < 4.78 is 12.6. The van der Waals surface area contributed by atoms with Gasteiger partial charge < -0.3 is 14.5 Å². The molecule has 2 aromatic rings. The summed E-state index contributed by atoms with van der Waals surface area (Å²) >= 11 is 0. The minimum Gasteiger partial charge on any atom is -0.472 e. The molecule has 0 bridgehead atoms. The summed E-state index contributed by atoms with van der Waals surface area (Å²) in [6, 6.07) is 1.66. The summed E-state index contributed by atoms with van der Waals surface area (Å²) in [5.74, 6) is 0.161. The van der Waals surface area contributed by atoms with E-state index in [0.29, 0.717) is 18.7 Å². The van der Waals surface area contributed by atoms with Gasteiger partial charge in [-0.25, -0.2) is 0 Å². The molecule has 21 heavy (non-hydrogen) atoms. The Morgan fingerprint density at radius 1 is 1.57 bits per heavy atom. The van der Waals surface area contributed by atoms with Crippen LogP contribution in [0.15, 0.2) is 35.4 Å². The molecule has 0 saturated carbocycles. The number of aromatic nitrogens is 2. The topological polar surface area (TPSA) is 69.3 Å². The van der Waals surface area contributed by atoms with Crippen molar-refractivity contribution in [3.8, 4) is 0 Å². The van der Waals surface area contributed by atoms with Gasteiger partial charge in [0.25, 0.3) is 5.91 Å². The predicted molar refractivity (Wildman–Crippen MR) is 75.7 cm³/mol. The predicted octanol–water partition coefficient (Wildman–Crippen LogP) is 2.00. The van der Waals surface area contributed by atoms with E-state index in [-0.39, 0.29) is 17.9 Å². The van der Waals surface area contributed by atoms with Crippen molar-refractivity contribution in [1.82, 2.24) is 15.1 Å². The van der Waals surface area contributed by atoms with Gasteiger partial charge in [0.05, 0.1) is 24.1 Å². The van der Waals surface area contributed by atoms with Crippen LogP contribution >= 0.6 is 0 Å². The smallest absolute Gasteiger partial charge is 0.254 e. The Morgan fingerprint density at radius 3 is 3.19 bits per heavy atom. The second-order valence-electron chi connectivity index (χ2n) is 5.19. The van der Waals surface area contributed by atoms with E-state index in [9.17, 15) is 4.79 Å². The molecule has 0 unspecified atom stereocenters. The van der Waals surface area contributed by atoms with Gasteiger partial charge >= 0.3 is 0 Å². The molecule has 112 valence electrons. The van der Waals surface area contributed by atoms with Crippen LogP contribution < -0.4 is 5.32 Å². The number of ether oxygens (including phenoxy) is 1. The van der Waals surface area contributed by atoms with E-state index in [1.807, 2.05) is 17.1 Å². The highest BCUT2D eigenvalue weighted by Gasteiger charge is 2.31. The van der Waals surface area contributed by atoms with Crippen molar-refractivity contribution in [2.24, 2.45) is 5.92 Å². The first-order chi connectivity index (χ1) is 10.3. The van der Waals surface area contributed by atoms with E-state index in [1.54, 1.807) is 6.07 Å². The second kappa shape index (κ2) is 6.13. The Kier molecular flexibility index (Phi) is 4.06. The van der Waals surface area contributed by atoms with E-state index < -0.39 is 0 Å². The van der Waals surface area contributed by atoms with Gasteiger partial charge in [-0.2, -0.15) is 5.10 Å². The first-order valence-corrected chi connectivity index (χ1v) is 7.22. The van der Waals surface area contributed by atoms with Gasteiger partial charge in [0, 0.05) is 37.4 Å². The Hall–Kier alpha value is -2.08. The summed E-state index contributed by atoms with van der Waals surface area (Å²) in [5.41, 5.74) is 1.63. The van der Waals surface area contributed by atoms with Crippen LogP contribution in [0.2, 0.25) is 0 Å². The third-order valence-corrected chi connectivity index (χ3v) is 3.83. The molecule has 1 aliphatic rings. The van der Waals surface area contributed by atoms with Gasteiger partial charge in [-0.15, -0.1) is 0 Å².